The van der Waals surface area contributed by atoms with Crippen LogP contribution >= 0.6 is 24.0 Å². The quantitative estimate of drug-likeness (QED) is 0.204. The number of carbonyl (C=O) groups is 2. The molecule has 3 rings (SSSR count). The van der Waals surface area contributed by atoms with Gasteiger partial charge >= 0.3 is 6.03 Å². The molecule has 0 bridgehead atoms. The monoisotopic (exact) mass is 491 g/mol. The Morgan fingerprint density at radius 2 is 1.89 bits per heavy atom. The first-order valence-corrected chi connectivity index (χ1v) is 10.1. The molecule has 2 heterocycles. The maximum atomic E-state index is 12.4. The molecule has 2 aliphatic heterocycles. The number of hydrogen-bond acceptors (Lipinski definition) is 3. The normalized spacial score (nSPS) is 30.9. The summed E-state index contributed by atoms with van der Waals surface area (Å²) in [6.45, 7) is 7.06. The molecule has 7 nitrogen and oxygen atoms in total. The SMILES string of the molecule is CCC1(C)NC(=O)N(CCCNC(=NC)N2CC3CCCCC3C2)C1=O.I. The molecule has 8 heteroatoms. The minimum absolute atomic E-state index is 0. The number of hydrogen-bond donors (Lipinski definition) is 2. The number of nitrogens with zero attached hydrogens (tertiary/aromatic N) is 3. The zero-order chi connectivity index (χ0) is 18.7. The number of imide groups is 1. The van der Waals surface area contributed by atoms with Gasteiger partial charge in [-0.25, -0.2) is 4.79 Å². The fraction of sp³-hybridized carbons (Fsp3) is 0.842. The van der Waals surface area contributed by atoms with E-state index in [1.54, 1.807) is 6.92 Å². The lowest BCUT2D eigenvalue weighted by Crippen LogP contribution is -2.43. The average molecular weight is 491 g/mol. The molecule has 1 saturated carbocycles. The zero-order valence-corrected chi connectivity index (χ0v) is 19.1. The summed E-state index contributed by atoms with van der Waals surface area (Å²) in [5, 5.41) is 6.21. The number of nitrogens with one attached hydrogen (secondary N) is 2. The topological polar surface area (TPSA) is 77.0 Å². The summed E-state index contributed by atoms with van der Waals surface area (Å²) in [6.07, 6.45) is 6.75. The van der Waals surface area contributed by atoms with Gasteiger partial charge in [-0.3, -0.25) is 14.7 Å². The summed E-state index contributed by atoms with van der Waals surface area (Å²) in [5.74, 6) is 2.48. The predicted octanol–water partition coefficient (Wildman–Crippen LogP) is 2.41. The number of rotatable bonds is 5. The van der Waals surface area contributed by atoms with Crippen molar-refractivity contribution in [1.29, 1.82) is 0 Å². The summed E-state index contributed by atoms with van der Waals surface area (Å²) in [7, 11) is 1.83. The third-order valence-electron chi connectivity index (χ3n) is 6.38. The minimum atomic E-state index is -0.744. The van der Waals surface area contributed by atoms with Crippen LogP contribution in [-0.2, 0) is 4.79 Å². The van der Waals surface area contributed by atoms with Crippen molar-refractivity contribution in [1.82, 2.24) is 20.4 Å². The van der Waals surface area contributed by atoms with E-state index < -0.39 is 5.54 Å². The first-order chi connectivity index (χ1) is 12.5. The van der Waals surface area contributed by atoms with Crippen LogP contribution in [0.5, 0.6) is 0 Å². The summed E-state index contributed by atoms with van der Waals surface area (Å²) >= 11 is 0. The van der Waals surface area contributed by atoms with Crippen LogP contribution in [0.15, 0.2) is 4.99 Å². The van der Waals surface area contributed by atoms with E-state index in [-0.39, 0.29) is 35.9 Å². The van der Waals surface area contributed by atoms with Crippen molar-refractivity contribution in [2.75, 3.05) is 33.2 Å². The molecule has 3 atom stereocenters. The van der Waals surface area contributed by atoms with Crippen molar-refractivity contribution >= 4 is 41.9 Å². The highest BCUT2D eigenvalue weighted by Crippen LogP contribution is 2.35. The molecule has 154 valence electrons. The molecule has 0 aromatic heterocycles. The van der Waals surface area contributed by atoms with Crippen LogP contribution in [0.25, 0.3) is 0 Å². The van der Waals surface area contributed by atoms with Crippen LogP contribution in [0.3, 0.4) is 0 Å². The van der Waals surface area contributed by atoms with Gasteiger partial charge in [0.25, 0.3) is 5.91 Å². The Balaban J connectivity index is 0.00000261. The molecule has 3 aliphatic rings. The Labute approximate surface area is 179 Å². The smallest absolute Gasteiger partial charge is 0.325 e. The summed E-state index contributed by atoms with van der Waals surface area (Å²) < 4.78 is 0. The summed E-state index contributed by atoms with van der Waals surface area (Å²) in [4.78, 5) is 32.6. The van der Waals surface area contributed by atoms with E-state index in [9.17, 15) is 9.59 Å². The van der Waals surface area contributed by atoms with Crippen molar-refractivity contribution in [3.63, 3.8) is 0 Å². The van der Waals surface area contributed by atoms with Gasteiger partial charge in [-0.2, -0.15) is 0 Å². The number of likely N-dealkylation sites (tertiary alicyclic amines) is 1. The molecule has 3 unspecified atom stereocenters. The van der Waals surface area contributed by atoms with Gasteiger partial charge in [0.15, 0.2) is 5.96 Å². The van der Waals surface area contributed by atoms with E-state index in [2.05, 4.69) is 20.5 Å². The van der Waals surface area contributed by atoms with Gasteiger partial charge in [0.2, 0.25) is 0 Å². The Morgan fingerprint density at radius 1 is 1.26 bits per heavy atom. The Kier molecular flexibility index (Phi) is 7.76. The van der Waals surface area contributed by atoms with Crippen molar-refractivity contribution in [3.05, 3.63) is 0 Å². The molecule has 27 heavy (non-hydrogen) atoms. The lowest BCUT2D eigenvalue weighted by Gasteiger charge is -2.22. The van der Waals surface area contributed by atoms with Crippen LogP contribution < -0.4 is 10.6 Å². The lowest BCUT2D eigenvalue weighted by atomic mass is 9.82. The van der Waals surface area contributed by atoms with E-state index in [4.69, 9.17) is 0 Å². The highest BCUT2D eigenvalue weighted by atomic mass is 127. The van der Waals surface area contributed by atoms with E-state index in [0.29, 0.717) is 19.5 Å². The minimum Gasteiger partial charge on any atom is -0.356 e. The molecular weight excluding hydrogens is 457 g/mol. The zero-order valence-electron chi connectivity index (χ0n) is 16.8. The molecule has 0 aromatic rings. The molecule has 0 aromatic carbocycles. The standard InChI is InChI=1S/C19H33N5O2.HI/c1-4-19(2)16(25)24(18(26)22-19)11-7-10-21-17(20-3)23-12-14-8-5-6-9-15(14)13-23;/h14-15H,4-13H2,1-3H3,(H,20,21)(H,22,26);1H. The van der Waals surface area contributed by atoms with Gasteiger partial charge in [-0.15, -0.1) is 24.0 Å². The lowest BCUT2D eigenvalue weighted by molar-refractivity contribution is -0.130. The molecular formula is C19H34IN5O2. The molecule has 3 amide bonds. The number of guanidine groups is 1. The fourth-order valence-corrected chi connectivity index (χ4v) is 4.54. The number of aliphatic imine (C=N–C) groups is 1. The second-order valence-corrected chi connectivity index (χ2v) is 8.11. The Bertz CT molecular complexity index is 570. The van der Waals surface area contributed by atoms with E-state index in [1.807, 2.05) is 14.0 Å². The maximum absolute atomic E-state index is 12.4. The van der Waals surface area contributed by atoms with Gasteiger partial charge in [0.1, 0.15) is 5.54 Å². The van der Waals surface area contributed by atoms with Crippen molar-refractivity contribution < 1.29 is 9.59 Å². The summed E-state index contributed by atoms with van der Waals surface area (Å²) in [6, 6.07) is -0.271. The fourth-order valence-electron chi connectivity index (χ4n) is 4.54. The number of urea groups is 1. The van der Waals surface area contributed by atoms with Crippen LogP contribution in [0.4, 0.5) is 4.79 Å². The third-order valence-corrected chi connectivity index (χ3v) is 6.38. The maximum Gasteiger partial charge on any atom is 0.325 e. The van der Waals surface area contributed by atoms with Crippen LogP contribution in [0.1, 0.15) is 52.4 Å². The highest BCUT2D eigenvalue weighted by Gasteiger charge is 2.46. The van der Waals surface area contributed by atoms with Crippen LogP contribution in [0, 0.1) is 11.8 Å². The number of amides is 3. The second kappa shape index (κ2) is 9.43. The Hall–Kier alpha value is -1.06. The van der Waals surface area contributed by atoms with Crippen LogP contribution in [-0.4, -0.2) is 66.5 Å². The first kappa shape index (κ1) is 22.2. The first-order valence-electron chi connectivity index (χ1n) is 10.1. The van der Waals surface area contributed by atoms with Gasteiger partial charge in [-0.1, -0.05) is 19.8 Å². The average Bonchev–Trinajstić information content (AvgIpc) is 3.16. The van der Waals surface area contributed by atoms with E-state index in [1.165, 1.54) is 30.6 Å². The predicted molar refractivity (Wildman–Crippen MR) is 117 cm³/mol. The van der Waals surface area contributed by atoms with E-state index in [0.717, 1.165) is 37.3 Å². The summed E-state index contributed by atoms with van der Waals surface area (Å²) in [5.41, 5.74) is -0.744. The molecule has 0 radical (unpaired) electrons. The molecule has 2 saturated heterocycles. The highest BCUT2D eigenvalue weighted by molar-refractivity contribution is 14.0. The van der Waals surface area contributed by atoms with Gasteiger partial charge < -0.3 is 15.5 Å². The van der Waals surface area contributed by atoms with Crippen LogP contribution in [0.2, 0.25) is 0 Å². The van der Waals surface area contributed by atoms with E-state index >= 15 is 0 Å². The molecule has 0 spiro atoms. The third kappa shape index (κ3) is 4.68. The molecule has 1 aliphatic carbocycles. The largest absolute Gasteiger partial charge is 0.356 e. The Morgan fingerprint density at radius 3 is 2.41 bits per heavy atom. The van der Waals surface area contributed by atoms with Crippen molar-refractivity contribution in [2.24, 2.45) is 16.8 Å². The van der Waals surface area contributed by atoms with Gasteiger partial charge in [0.05, 0.1) is 0 Å². The van der Waals surface area contributed by atoms with Crippen molar-refractivity contribution in [2.45, 2.75) is 57.9 Å². The number of halogens is 1. The second-order valence-electron chi connectivity index (χ2n) is 8.11. The molecule has 2 N–H and O–H groups in total. The molecule has 3 fully saturated rings. The number of fused-ring (bicyclic) bond motifs is 1. The van der Waals surface area contributed by atoms with Gasteiger partial charge in [0, 0.05) is 33.2 Å². The van der Waals surface area contributed by atoms with Gasteiger partial charge in [-0.05, 0) is 44.4 Å². The van der Waals surface area contributed by atoms with Crippen molar-refractivity contribution in [3.8, 4) is 0 Å². The number of carbonyl (C=O) groups excluding carboxylic acids is 2.